The van der Waals surface area contributed by atoms with Crippen LogP contribution in [0, 0.1) is 11.6 Å². The number of pyridine rings is 1. The Hall–Kier alpha value is -2.43. The maximum Gasteiger partial charge on any atom is 0.159 e. The topological polar surface area (TPSA) is 19.4 Å². The van der Waals surface area contributed by atoms with Gasteiger partial charge in [0.15, 0.2) is 11.6 Å². The van der Waals surface area contributed by atoms with E-state index in [4.69, 9.17) is 0 Å². The summed E-state index contributed by atoms with van der Waals surface area (Å²) in [6, 6.07) is 7.66. The number of nitrogens with zero attached hydrogens (tertiary/aromatic N) is 3. The van der Waals surface area contributed by atoms with Crippen LogP contribution in [-0.2, 0) is 6.54 Å². The van der Waals surface area contributed by atoms with Gasteiger partial charge < -0.3 is 9.80 Å². The molecule has 1 aromatic carbocycles. The molecular weight excluding hydrogens is 272 g/mol. The van der Waals surface area contributed by atoms with Gasteiger partial charge in [-0.2, -0.15) is 0 Å². The summed E-state index contributed by atoms with van der Waals surface area (Å²) in [5.74, 6) is -1.70. The summed E-state index contributed by atoms with van der Waals surface area (Å²) in [4.78, 5) is 8.47. The van der Waals surface area contributed by atoms with E-state index in [0.717, 1.165) is 24.8 Å². The zero-order chi connectivity index (χ0) is 14.8. The van der Waals surface area contributed by atoms with Crippen LogP contribution < -0.4 is 0 Å². The van der Waals surface area contributed by atoms with Crippen molar-refractivity contribution < 1.29 is 8.78 Å². The molecule has 1 aliphatic heterocycles. The van der Waals surface area contributed by atoms with E-state index in [1.54, 1.807) is 6.20 Å². The predicted octanol–water partition coefficient (Wildman–Crippen LogP) is 3.20. The van der Waals surface area contributed by atoms with Gasteiger partial charge in [-0.3, -0.25) is 4.98 Å². The molecular formula is C16H15F2N3. The lowest BCUT2D eigenvalue weighted by atomic mass is 10.1. The number of halogens is 2. The van der Waals surface area contributed by atoms with Gasteiger partial charge in [0.25, 0.3) is 0 Å². The number of aromatic nitrogens is 1. The molecule has 0 saturated heterocycles. The first-order valence-electron chi connectivity index (χ1n) is 6.65. The molecule has 0 spiro atoms. The third kappa shape index (κ3) is 3.02. The summed E-state index contributed by atoms with van der Waals surface area (Å²) in [5.41, 5.74) is 2.29. The number of benzene rings is 1. The fourth-order valence-electron chi connectivity index (χ4n) is 2.31. The SMILES string of the molecule is CN1C=CN(Cc2ccnc(-c3ccc(F)c(F)c3)c2)C1. The monoisotopic (exact) mass is 287 g/mol. The zero-order valence-corrected chi connectivity index (χ0v) is 11.6. The van der Waals surface area contributed by atoms with Gasteiger partial charge in [0, 0.05) is 37.8 Å². The second-order valence-corrected chi connectivity index (χ2v) is 5.12. The van der Waals surface area contributed by atoms with Crippen LogP contribution in [0.2, 0.25) is 0 Å². The number of rotatable bonds is 3. The van der Waals surface area contributed by atoms with E-state index in [9.17, 15) is 8.78 Å². The second-order valence-electron chi connectivity index (χ2n) is 5.12. The third-order valence-electron chi connectivity index (χ3n) is 3.36. The van der Waals surface area contributed by atoms with E-state index >= 15 is 0 Å². The third-order valence-corrected chi connectivity index (χ3v) is 3.36. The first-order valence-corrected chi connectivity index (χ1v) is 6.65. The molecule has 0 fully saturated rings. The minimum Gasteiger partial charge on any atom is -0.362 e. The van der Waals surface area contributed by atoms with Gasteiger partial charge in [-0.25, -0.2) is 8.78 Å². The minimum absolute atomic E-state index is 0.574. The highest BCUT2D eigenvalue weighted by molar-refractivity contribution is 5.59. The van der Waals surface area contributed by atoms with Crippen LogP contribution in [-0.4, -0.2) is 28.5 Å². The fourth-order valence-corrected chi connectivity index (χ4v) is 2.31. The lowest BCUT2D eigenvalue weighted by Gasteiger charge is -2.18. The van der Waals surface area contributed by atoms with E-state index < -0.39 is 11.6 Å². The summed E-state index contributed by atoms with van der Waals surface area (Å²) in [6.07, 6.45) is 5.73. The highest BCUT2D eigenvalue weighted by Gasteiger charge is 2.10. The zero-order valence-electron chi connectivity index (χ0n) is 11.6. The quantitative estimate of drug-likeness (QED) is 0.864. The van der Waals surface area contributed by atoms with Gasteiger partial charge in [-0.05, 0) is 35.9 Å². The average Bonchev–Trinajstić information content (AvgIpc) is 2.87. The summed E-state index contributed by atoms with van der Waals surface area (Å²) in [7, 11) is 2.01. The van der Waals surface area contributed by atoms with Crippen LogP contribution in [0.1, 0.15) is 5.56 Å². The van der Waals surface area contributed by atoms with Gasteiger partial charge in [-0.1, -0.05) is 0 Å². The van der Waals surface area contributed by atoms with Crippen LogP contribution >= 0.6 is 0 Å². The van der Waals surface area contributed by atoms with Crippen molar-refractivity contribution in [2.45, 2.75) is 6.54 Å². The molecule has 0 radical (unpaired) electrons. The van der Waals surface area contributed by atoms with Crippen molar-refractivity contribution in [1.29, 1.82) is 0 Å². The van der Waals surface area contributed by atoms with Gasteiger partial charge in [-0.15, -0.1) is 0 Å². The van der Waals surface area contributed by atoms with E-state index in [-0.39, 0.29) is 0 Å². The molecule has 5 heteroatoms. The summed E-state index contributed by atoms with van der Waals surface area (Å²) in [5, 5.41) is 0. The van der Waals surface area contributed by atoms with Gasteiger partial charge in [0.05, 0.1) is 12.4 Å². The van der Waals surface area contributed by atoms with Crippen LogP contribution in [0.25, 0.3) is 11.3 Å². The molecule has 0 unspecified atom stereocenters. The Kier molecular flexibility index (Phi) is 3.56. The summed E-state index contributed by atoms with van der Waals surface area (Å²) < 4.78 is 26.3. The van der Waals surface area contributed by atoms with E-state index in [2.05, 4.69) is 14.8 Å². The molecule has 3 rings (SSSR count). The molecule has 3 nitrogen and oxygen atoms in total. The number of hydrogen-bond donors (Lipinski definition) is 0. The second kappa shape index (κ2) is 5.52. The Morgan fingerprint density at radius 1 is 1.10 bits per heavy atom. The van der Waals surface area contributed by atoms with Crippen LogP contribution in [0.4, 0.5) is 8.78 Å². The Balaban J connectivity index is 1.82. The number of hydrogen-bond acceptors (Lipinski definition) is 3. The van der Waals surface area contributed by atoms with E-state index in [1.807, 2.05) is 31.6 Å². The molecule has 0 N–H and O–H groups in total. The van der Waals surface area contributed by atoms with Gasteiger partial charge in [0.1, 0.15) is 0 Å². The van der Waals surface area contributed by atoms with Crippen molar-refractivity contribution in [3.63, 3.8) is 0 Å². The molecule has 21 heavy (non-hydrogen) atoms. The lowest BCUT2D eigenvalue weighted by Crippen LogP contribution is -2.21. The van der Waals surface area contributed by atoms with Crippen molar-refractivity contribution in [2.75, 3.05) is 13.7 Å². The Morgan fingerprint density at radius 3 is 2.67 bits per heavy atom. The Bertz CT molecular complexity index is 685. The molecule has 0 saturated carbocycles. The van der Waals surface area contributed by atoms with Crippen LogP contribution in [0.15, 0.2) is 48.9 Å². The average molecular weight is 287 g/mol. The maximum atomic E-state index is 13.3. The van der Waals surface area contributed by atoms with Crippen molar-refractivity contribution >= 4 is 0 Å². The van der Waals surface area contributed by atoms with Gasteiger partial charge >= 0.3 is 0 Å². The van der Waals surface area contributed by atoms with Crippen LogP contribution in [0.5, 0.6) is 0 Å². The van der Waals surface area contributed by atoms with E-state index in [1.165, 1.54) is 12.1 Å². The Labute approximate surface area is 122 Å². The van der Waals surface area contributed by atoms with Crippen molar-refractivity contribution in [3.05, 3.63) is 66.1 Å². The molecule has 1 aromatic heterocycles. The molecule has 2 aromatic rings. The van der Waals surface area contributed by atoms with Crippen LogP contribution in [0.3, 0.4) is 0 Å². The minimum atomic E-state index is -0.858. The standard InChI is InChI=1S/C16H15F2N3/c1-20-6-7-21(11-20)10-12-4-5-19-16(8-12)13-2-3-14(17)15(18)9-13/h2-9H,10-11H2,1H3. The summed E-state index contributed by atoms with van der Waals surface area (Å²) >= 11 is 0. The molecule has 2 heterocycles. The summed E-state index contributed by atoms with van der Waals surface area (Å²) in [6.45, 7) is 1.59. The highest BCUT2D eigenvalue weighted by Crippen LogP contribution is 2.21. The first kappa shape index (κ1) is 13.5. The molecule has 0 amide bonds. The van der Waals surface area contributed by atoms with Crippen molar-refractivity contribution in [3.8, 4) is 11.3 Å². The van der Waals surface area contributed by atoms with E-state index in [0.29, 0.717) is 11.3 Å². The molecule has 108 valence electrons. The Morgan fingerprint density at radius 2 is 1.95 bits per heavy atom. The highest BCUT2D eigenvalue weighted by atomic mass is 19.2. The predicted molar refractivity (Wildman–Crippen MR) is 76.9 cm³/mol. The lowest BCUT2D eigenvalue weighted by molar-refractivity contribution is 0.291. The van der Waals surface area contributed by atoms with Crippen molar-refractivity contribution in [1.82, 2.24) is 14.8 Å². The molecule has 0 bridgehead atoms. The maximum absolute atomic E-state index is 13.3. The molecule has 0 aliphatic carbocycles. The normalized spacial score (nSPS) is 14.0. The smallest absolute Gasteiger partial charge is 0.159 e. The first-order chi connectivity index (χ1) is 10.1. The largest absolute Gasteiger partial charge is 0.362 e. The van der Waals surface area contributed by atoms with Gasteiger partial charge in [0.2, 0.25) is 0 Å². The molecule has 1 aliphatic rings. The molecule has 0 atom stereocenters. The van der Waals surface area contributed by atoms with Crippen molar-refractivity contribution in [2.24, 2.45) is 0 Å². The fraction of sp³-hybridized carbons (Fsp3) is 0.188.